The Hall–Kier alpha value is -1.95. The summed E-state index contributed by atoms with van der Waals surface area (Å²) in [5, 5.41) is 0. The standard InChI is InChI=1S/C9H6N4OS/c10-7-11-8-13(9(15)12-7)5-3-1-2-4-6(5)14-8/h1-4H,(H2,10,12,15). The Morgan fingerprint density at radius 3 is 2.93 bits per heavy atom. The van der Waals surface area contributed by atoms with Gasteiger partial charge in [0.1, 0.15) is 0 Å². The molecule has 2 N–H and O–H groups in total. The van der Waals surface area contributed by atoms with Crippen molar-refractivity contribution in [2.75, 3.05) is 5.73 Å². The normalized spacial score (nSPS) is 11.2. The van der Waals surface area contributed by atoms with Crippen LogP contribution >= 0.6 is 12.2 Å². The van der Waals surface area contributed by atoms with E-state index in [4.69, 9.17) is 22.4 Å². The number of nitrogen functional groups attached to an aromatic ring is 1. The van der Waals surface area contributed by atoms with Crippen LogP contribution in [0, 0.1) is 4.77 Å². The monoisotopic (exact) mass is 218 g/mol. The first-order chi connectivity index (χ1) is 7.25. The number of fused-ring (bicyclic) bond motifs is 3. The van der Waals surface area contributed by atoms with Crippen molar-refractivity contribution in [1.29, 1.82) is 0 Å². The first-order valence-corrected chi connectivity index (χ1v) is 4.70. The molecule has 0 aliphatic carbocycles. The molecule has 0 spiro atoms. The van der Waals surface area contributed by atoms with E-state index < -0.39 is 0 Å². The first-order valence-electron chi connectivity index (χ1n) is 4.29. The van der Waals surface area contributed by atoms with E-state index in [9.17, 15) is 0 Å². The molecule has 74 valence electrons. The third-order valence-corrected chi connectivity index (χ3v) is 2.38. The van der Waals surface area contributed by atoms with Crippen molar-refractivity contribution in [3.63, 3.8) is 0 Å². The molecule has 0 atom stereocenters. The summed E-state index contributed by atoms with van der Waals surface area (Å²) >= 11 is 5.09. The van der Waals surface area contributed by atoms with Crippen LogP contribution in [0.15, 0.2) is 28.7 Å². The highest BCUT2D eigenvalue weighted by atomic mass is 32.1. The van der Waals surface area contributed by atoms with E-state index in [1.54, 1.807) is 4.40 Å². The fraction of sp³-hybridized carbons (Fsp3) is 0. The minimum atomic E-state index is 0.124. The van der Waals surface area contributed by atoms with Crippen LogP contribution in [-0.4, -0.2) is 14.4 Å². The van der Waals surface area contributed by atoms with E-state index in [-0.39, 0.29) is 5.95 Å². The van der Waals surface area contributed by atoms with Crippen molar-refractivity contribution in [3.05, 3.63) is 29.0 Å². The van der Waals surface area contributed by atoms with Crippen molar-refractivity contribution >= 4 is 35.1 Å². The number of hydrogen-bond acceptors (Lipinski definition) is 5. The first kappa shape index (κ1) is 8.37. The predicted octanol–water partition coefficient (Wildman–Crippen LogP) is 1.79. The lowest BCUT2D eigenvalue weighted by molar-refractivity contribution is 0.632. The minimum Gasteiger partial charge on any atom is -0.423 e. The lowest BCUT2D eigenvalue weighted by Crippen LogP contribution is -1.99. The second-order valence-electron chi connectivity index (χ2n) is 3.05. The molecular formula is C9H6N4OS. The van der Waals surface area contributed by atoms with Crippen molar-refractivity contribution in [3.8, 4) is 0 Å². The van der Waals surface area contributed by atoms with Gasteiger partial charge in [0.15, 0.2) is 5.58 Å². The second kappa shape index (κ2) is 2.77. The fourth-order valence-corrected chi connectivity index (χ4v) is 1.77. The van der Waals surface area contributed by atoms with E-state index in [2.05, 4.69) is 9.97 Å². The molecule has 0 bridgehead atoms. The molecule has 0 aliphatic heterocycles. The van der Waals surface area contributed by atoms with Gasteiger partial charge in [0.05, 0.1) is 5.52 Å². The summed E-state index contributed by atoms with van der Waals surface area (Å²) in [6.07, 6.45) is 0. The highest BCUT2D eigenvalue weighted by Crippen LogP contribution is 2.18. The average molecular weight is 218 g/mol. The van der Waals surface area contributed by atoms with Gasteiger partial charge in [-0.1, -0.05) is 12.1 Å². The van der Waals surface area contributed by atoms with E-state index in [1.165, 1.54) is 0 Å². The molecule has 0 saturated heterocycles. The molecule has 15 heavy (non-hydrogen) atoms. The lowest BCUT2D eigenvalue weighted by atomic mass is 10.3. The number of anilines is 1. The summed E-state index contributed by atoms with van der Waals surface area (Å²) in [7, 11) is 0. The topological polar surface area (TPSA) is 69.3 Å². The molecule has 0 unspecified atom stereocenters. The summed E-state index contributed by atoms with van der Waals surface area (Å²) in [6, 6.07) is 7.51. The molecule has 1 aromatic carbocycles. The van der Waals surface area contributed by atoms with Gasteiger partial charge in [-0.15, -0.1) is 0 Å². The molecule has 0 amide bonds. The Morgan fingerprint density at radius 1 is 1.27 bits per heavy atom. The minimum absolute atomic E-state index is 0.124. The Bertz CT molecular complexity index is 715. The summed E-state index contributed by atoms with van der Waals surface area (Å²) in [4.78, 5) is 7.88. The van der Waals surface area contributed by atoms with Gasteiger partial charge in [0.25, 0.3) is 0 Å². The number of benzene rings is 1. The van der Waals surface area contributed by atoms with Gasteiger partial charge in [-0.25, -0.2) is 4.40 Å². The van der Waals surface area contributed by atoms with Gasteiger partial charge in [-0.05, 0) is 24.4 Å². The number of rotatable bonds is 0. The number of nitrogens with zero attached hydrogens (tertiary/aromatic N) is 3. The van der Waals surface area contributed by atoms with Crippen molar-refractivity contribution in [2.24, 2.45) is 0 Å². The zero-order valence-electron chi connectivity index (χ0n) is 7.54. The Labute approximate surface area is 89.2 Å². The van der Waals surface area contributed by atoms with E-state index >= 15 is 0 Å². The average Bonchev–Trinajstić information content (AvgIpc) is 2.54. The van der Waals surface area contributed by atoms with Crippen LogP contribution in [0.4, 0.5) is 5.95 Å². The summed E-state index contributed by atoms with van der Waals surface area (Å²) < 4.78 is 7.48. The van der Waals surface area contributed by atoms with Crippen molar-refractivity contribution < 1.29 is 4.42 Å². The highest BCUT2D eigenvalue weighted by Gasteiger charge is 2.08. The number of aromatic nitrogens is 3. The summed E-state index contributed by atoms with van der Waals surface area (Å²) in [6.45, 7) is 0. The summed E-state index contributed by atoms with van der Waals surface area (Å²) in [5.74, 6) is 0.493. The van der Waals surface area contributed by atoms with Crippen LogP contribution in [-0.2, 0) is 0 Å². The van der Waals surface area contributed by atoms with Crippen LogP contribution in [0.25, 0.3) is 16.9 Å². The predicted molar refractivity (Wildman–Crippen MR) is 58.0 cm³/mol. The number of hydrogen-bond donors (Lipinski definition) is 1. The highest BCUT2D eigenvalue weighted by molar-refractivity contribution is 7.71. The van der Waals surface area contributed by atoms with Crippen LogP contribution < -0.4 is 5.73 Å². The largest absolute Gasteiger partial charge is 0.423 e. The number of para-hydroxylation sites is 2. The van der Waals surface area contributed by atoms with Crippen molar-refractivity contribution in [2.45, 2.75) is 0 Å². The Morgan fingerprint density at radius 2 is 2.07 bits per heavy atom. The van der Waals surface area contributed by atoms with Crippen LogP contribution in [0.3, 0.4) is 0 Å². The van der Waals surface area contributed by atoms with Gasteiger partial charge in [-0.3, -0.25) is 0 Å². The fourth-order valence-electron chi connectivity index (χ4n) is 1.50. The quantitative estimate of drug-likeness (QED) is 0.582. The smallest absolute Gasteiger partial charge is 0.312 e. The van der Waals surface area contributed by atoms with Crippen LogP contribution in [0.5, 0.6) is 0 Å². The third kappa shape index (κ3) is 1.11. The van der Waals surface area contributed by atoms with Crippen LogP contribution in [0.1, 0.15) is 0 Å². The van der Waals surface area contributed by atoms with Gasteiger partial charge < -0.3 is 10.2 Å². The molecule has 5 nitrogen and oxygen atoms in total. The zero-order valence-corrected chi connectivity index (χ0v) is 8.36. The summed E-state index contributed by atoms with van der Waals surface area (Å²) in [5.41, 5.74) is 7.04. The van der Waals surface area contributed by atoms with Gasteiger partial charge in [0.2, 0.25) is 10.7 Å². The molecule has 2 aromatic heterocycles. The number of oxazole rings is 1. The van der Waals surface area contributed by atoms with Crippen molar-refractivity contribution in [1.82, 2.24) is 14.4 Å². The van der Waals surface area contributed by atoms with Gasteiger partial charge >= 0.3 is 5.84 Å². The number of nitrogens with two attached hydrogens (primary N) is 1. The Kier molecular flexibility index (Phi) is 1.54. The molecule has 6 heteroatoms. The molecule has 3 aromatic rings. The van der Waals surface area contributed by atoms with Gasteiger partial charge in [-0.2, -0.15) is 9.97 Å². The van der Waals surface area contributed by atoms with Crippen LogP contribution in [0.2, 0.25) is 0 Å². The van der Waals surface area contributed by atoms with Gasteiger partial charge in [0, 0.05) is 0 Å². The molecule has 0 saturated carbocycles. The van der Waals surface area contributed by atoms with E-state index in [1.807, 2.05) is 24.3 Å². The molecule has 3 rings (SSSR count). The lowest BCUT2D eigenvalue weighted by Gasteiger charge is -1.93. The zero-order chi connectivity index (χ0) is 10.4. The maximum atomic E-state index is 5.48. The van der Waals surface area contributed by atoms with E-state index in [0.29, 0.717) is 16.2 Å². The second-order valence-corrected chi connectivity index (χ2v) is 3.42. The maximum absolute atomic E-state index is 5.48. The molecule has 0 radical (unpaired) electrons. The van der Waals surface area contributed by atoms with E-state index in [0.717, 1.165) is 5.52 Å². The maximum Gasteiger partial charge on any atom is 0.312 e. The molecular weight excluding hydrogens is 212 g/mol. The third-order valence-electron chi connectivity index (χ3n) is 2.11. The molecule has 2 heterocycles. The SMILES string of the molecule is Nc1nc(=S)n2c(n1)oc1ccccc12. The molecule has 0 fully saturated rings. The Balaban J connectivity index is 2.67. The molecule has 0 aliphatic rings.